The van der Waals surface area contributed by atoms with E-state index in [0.717, 1.165) is 34.9 Å². The fourth-order valence-electron chi connectivity index (χ4n) is 3.49. The quantitative estimate of drug-likeness (QED) is 0.708. The van der Waals surface area contributed by atoms with Gasteiger partial charge in [-0.3, -0.25) is 4.79 Å². The normalized spacial score (nSPS) is 16.2. The molecule has 0 aliphatic carbocycles. The molecule has 3 aromatic rings. The van der Waals surface area contributed by atoms with Gasteiger partial charge in [0, 0.05) is 5.56 Å². The second kappa shape index (κ2) is 7.72. The van der Waals surface area contributed by atoms with Gasteiger partial charge in [0.1, 0.15) is 11.6 Å². The lowest BCUT2D eigenvalue weighted by Crippen LogP contribution is -2.15. The molecule has 4 rings (SSSR count). The second-order valence-corrected chi connectivity index (χ2v) is 7.89. The Morgan fingerprint density at radius 2 is 1.89 bits per heavy atom. The van der Waals surface area contributed by atoms with Crippen LogP contribution in [0.5, 0.6) is 5.75 Å². The Labute approximate surface area is 169 Å². The summed E-state index contributed by atoms with van der Waals surface area (Å²) in [5, 5.41) is 7.88. The molecule has 1 aromatic heterocycles. The smallest absolute Gasteiger partial charge is 0.235 e. The zero-order chi connectivity index (χ0) is 19.7. The van der Waals surface area contributed by atoms with Crippen molar-refractivity contribution in [3.63, 3.8) is 0 Å². The number of hydrogen-bond acceptors (Lipinski definition) is 4. The van der Waals surface area contributed by atoms with Gasteiger partial charge in [-0.2, -0.15) is 5.10 Å². The molecule has 0 saturated carbocycles. The number of thioether (sulfide) groups is 1. The number of rotatable bonds is 4. The molecule has 5 nitrogen and oxygen atoms in total. The Balaban J connectivity index is 1.82. The molecule has 0 radical (unpaired) electrons. The zero-order valence-electron chi connectivity index (χ0n) is 16.2. The number of ether oxygens (including phenoxy) is 1. The lowest BCUT2D eigenvalue weighted by molar-refractivity contribution is -0.113. The third-order valence-corrected chi connectivity index (χ3v) is 6.29. The summed E-state index contributed by atoms with van der Waals surface area (Å²) >= 11 is 1.64. The molecule has 2 heterocycles. The molecule has 1 aliphatic rings. The number of amides is 1. The van der Waals surface area contributed by atoms with E-state index in [1.807, 2.05) is 35.9 Å². The number of anilines is 1. The molecule has 144 valence electrons. The van der Waals surface area contributed by atoms with Crippen LogP contribution in [0.15, 0.2) is 48.5 Å². The average Bonchev–Trinajstić information content (AvgIpc) is 2.93. The Bertz CT molecular complexity index is 994. The van der Waals surface area contributed by atoms with Gasteiger partial charge in [-0.1, -0.05) is 31.2 Å². The van der Waals surface area contributed by atoms with Crippen LogP contribution in [-0.4, -0.2) is 28.6 Å². The predicted octanol–water partition coefficient (Wildman–Crippen LogP) is 4.53. The number of aromatic nitrogens is 2. The second-order valence-electron chi connectivity index (χ2n) is 6.79. The maximum atomic E-state index is 12.4. The molecule has 2 aromatic carbocycles. The molecule has 6 heteroatoms. The van der Waals surface area contributed by atoms with Gasteiger partial charge in [0.15, 0.2) is 0 Å². The molecule has 1 aliphatic heterocycles. The molecular formula is C22H23N3O2S. The highest BCUT2D eigenvalue weighted by atomic mass is 32.2. The van der Waals surface area contributed by atoms with Crippen molar-refractivity contribution >= 4 is 23.5 Å². The third-order valence-electron chi connectivity index (χ3n) is 5.02. The lowest BCUT2D eigenvalue weighted by Gasteiger charge is -2.16. The minimum Gasteiger partial charge on any atom is -0.497 e. The van der Waals surface area contributed by atoms with Crippen molar-refractivity contribution in [3.8, 4) is 11.4 Å². The number of hydrogen-bond donors (Lipinski definition) is 1. The fourth-order valence-corrected chi connectivity index (χ4v) is 4.67. The molecule has 28 heavy (non-hydrogen) atoms. The van der Waals surface area contributed by atoms with Gasteiger partial charge in [0.2, 0.25) is 5.91 Å². The van der Waals surface area contributed by atoms with Gasteiger partial charge >= 0.3 is 0 Å². The van der Waals surface area contributed by atoms with Gasteiger partial charge in [0.05, 0.1) is 29.5 Å². The monoisotopic (exact) mass is 393 g/mol. The minimum absolute atomic E-state index is 0.00594. The molecular weight excluding hydrogens is 370 g/mol. The largest absolute Gasteiger partial charge is 0.497 e. The van der Waals surface area contributed by atoms with Gasteiger partial charge in [-0.15, -0.1) is 11.8 Å². The van der Waals surface area contributed by atoms with E-state index in [1.54, 1.807) is 18.9 Å². The minimum atomic E-state index is -0.00594. The number of fused-ring (bicyclic) bond motifs is 1. The van der Waals surface area contributed by atoms with Crippen LogP contribution in [-0.2, 0) is 11.2 Å². The van der Waals surface area contributed by atoms with Crippen LogP contribution in [0.25, 0.3) is 5.69 Å². The first-order valence-corrected chi connectivity index (χ1v) is 10.4. The Hall–Kier alpha value is -2.73. The van der Waals surface area contributed by atoms with Crippen molar-refractivity contribution < 1.29 is 9.53 Å². The van der Waals surface area contributed by atoms with Crippen molar-refractivity contribution in [2.45, 2.75) is 25.5 Å². The summed E-state index contributed by atoms with van der Waals surface area (Å²) in [5.41, 5.74) is 5.37. The number of carbonyl (C=O) groups is 1. The van der Waals surface area contributed by atoms with E-state index >= 15 is 0 Å². The molecule has 0 spiro atoms. The summed E-state index contributed by atoms with van der Waals surface area (Å²) in [5.74, 6) is 1.94. The Kier molecular flexibility index (Phi) is 5.13. The van der Waals surface area contributed by atoms with Crippen molar-refractivity contribution in [2.24, 2.45) is 0 Å². The summed E-state index contributed by atoms with van der Waals surface area (Å²) in [4.78, 5) is 12.4. The van der Waals surface area contributed by atoms with Crippen LogP contribution in [0.4, 0.5) is 5.82 Å². The summed E-state index contributed by atoms with van der Waals surface area (Å²) in [6, 6.07) is 16.3. The topological polar surface area (TPSA) is 56.2 Å². The van der Waals surface area contributed by atoms with Crippen LogP contribution in [0.2, 0.25) is 0 Å². The number of nitrogens with zero attached hydrogens (tertiary/aromatic N) is 2. The van der Waals surface area contributed by atoms with E-state index in [9.17, 15) is 4.79 Å². The molecule has 0 unspecified atom stereocenters. The highest BCUT2D eigenvalue weighted by molar-refractivity contribution is 8.00. The van der Waals surface area contributed by atoms with E-state index in [1.165, 1.54) is 11.1 Å². The van der Waals surface area contributed by atoms with Gasteiger partial charge in [-0.25, -0.2) is 4.68 Å². The van der Waals surface area contributed by atoms with Gasteiger partial charge in [-0.05, 0) is 48.7 Å². The van der Waals surface area contributed by atoms with Crippen LogP contribution >= 0.6 is 11.8 Å². The number of carbonyl (C=O) groups excluding carboxylic acids is 1. The number of nitrogens with one attached hydrogen (secondary N) is 1. The van der Waals surface area contributed by atoms with E-state index in [2.05, 4.69) is 36.5 Å². The Morgan fingerprint density at radius 3 is 2.54 bits per heavy atom. The third kappa shape index (κ3) is 3.40. The van der Waals surface area contributed by atoms with E-state index < -0.39 is 0 Å². The van der Waals surface area contributed by atoms with Crippen LogP contribution < -0.4 is 10.1 Å². The Morgan fingerprint density at radius 1 is 1.18 bits per heavy atom. The van der Waals surface area contributed by atoms with E-state index in [4.69, 9.17) is 9.84 Å². The molecule has 1 atom stereocenters. The molecule has 0 bridgehead atoms. The summed E-state index contributed by atoms with van der Waals surface area (Å²) in [6.07, 6.45) is 1.01. The van der Waals surface area contributed by atoms with Gasteiger partial charge in [0.25, 0.3) is 0 Å². The highest BCUT2D eigenvalue weighted by Gasteiger charge is 2.30. The molecule has 0 saturated heterocycles. The van der Waals surface area contributed by atoms with Crippen molar-refractivity contribution in [1.29, 1.82) is 0 Å². The number of aryl methyl sites for hydroxylation is 2. The van der Waals surface area contributed by atoms with Crippen molar-refractivity contribution in [3.05, 3.63) is 70.9 Å². The molecule has 0 fully saturated rings. The van der Waals surface area contributed by atoms with Crippen LogP contribution in [0, 0.1) is 6.92 Å². The van der Waals surface area contributed by atoms with Crippen molar-refractivity contribution in [1.82, 2.24) is 9.78 Å². The first kappa shape index (κ1) is 18.6. The zero-order valence-corrected chi connectivity index (χ0v) is 17.0. The summed E-state index contributed by atoms with van der Waals surface area (Å²) < 4.78 is 7.07. The van der Waals surface area contributed by atoms with Crippen LogP contribution in [0.1, 0.15) is 34.6 Å². The van der Waals surface area contributed by atoms with E-state index in [-0.39, 0.29) is 11.2 Å². The first-order valence-electron chi connectivity index (χ1n) is 9.35. The lowest BCUT2D eigenvalue weighted by atomic mass is 10.0. The van der Waals surface area contributed by atoms with Crippen molar-refractivity contribution in [2.75, 3.05) is 18.2 Å². The summed E-state index contributed by atoms with van der Waals surface area (Å²) in [7, 11) is 1.64. The highest BCUT2D eigenvalue weighted by Crippen LogP contribution is 2.43. The fraction of sp³-hybridized carbons (Fsp3) is 0.273. The summed E-state index contributed by atoms with van der Waals surface area (Å²) in [6.45, 7) is 4.16. The maximum absolute atomic E-state index is 12.4. The molecule has 1 amide bonds. The number of benzene rings is 2. The van der Waals surface area contributed by atoms with E-state index in [0.29, 0.717) is 5.75 Å². The standard InChI is InChI=1S/C22H23N3O2S/c1-4-15-5-7-16(8-6-15)21-20-14(2)24-25(22(20)23-19(26)13-28-21)17-9-11-18(27-3)12-10-17/h5-12,21H,4,13H2,1-3H3,(H,23,26)/t21-/m0/s1. The molecule has 1 N–H and O–H groups in total. The first-order chi connectivity index (χ1) is 13.6. The SMILES string of the molecule is CCc1ccc([C@@H]2SCC(=O)Nc3c2c(C)nn3-c2ccc(OC)cc2)cc1. The van der Waals surface area contributed by atoms with Crippen LogP contribution in [0.3, 0.4) is 0 Å². The number of methoxy groups -OCH3 is 1. The predicted molar refractivity (Wildman–Crippen MR) is 114 cm³/mol. The van der Waals surface area contributed by atoms with Gasteiger partial charge < -0.3 is 10.1 Å². The maximum Gasteiger partial charge on any atom is 0.235 e. The average molecular weight is 394 g/mol.